The monoisotopic (exact) mass is 265 g/mol. The predicted molar refractivity (Wildman–Crippen MR) is 59.6 cm³/mol. The third kappa shape index (κ3) is 2.45. The fourth-order valence-electron chi connectivity index (χ4n) is 1.12. The minimum Gasteiger partial charge on any atom is -0.478 e. The molecule has 15 heavy (non-hydrogen) atoms. The van der Waals surface area contributed by atoms with Gasteiger partial charge in [0.15, 0.2) is 0 Å². The van der Waals surface area contributed by atoms with E-state index >= 15 is 0 Å². The van der Waals surface area contributed by atoms with Crippen LogP contribution in [0.3, 0.4) is 0 Å². The van der Waals surface area contributed by atoms with Crippen molar-refractivity contribution in [2.24, 2.45) is 0 Å². The van der Waals surface area contributed by atoms with Gasteiger partial charge in [0.2, 0.25) is 0 Å². The van der Waals surface area contributed by atoms with Gasteiger partial charge in [-0.05, 0) is 11.6 Å². The Morgan fingerprint density at radius 3 is 2.67 bits per heavy atom. The van der Waals surface area contributed by atoms with Crippen molar-refractivity contribution in [2.75, 3.05) is 0 Å². The lowest BCUT2D eigenvalue weighted by molar-refractivity contribution is -0.132. The smallest absolute Gasteiger partial charge is 0.332 e. The second-order valence-electron chi connectivity index (χ2n) is 2.89. The molecule has 0 radical (unpaired) electrons. The summed E-state index contributed by atoms with van der Waals surface area (Å²) in [5, 5.41) is 17.6. The van der Waals surface area contributed by atoms with Gasteiger partial charge in [0.25, 0.3) is 0 Å². The van der Waals surface area contributed by atoms with E-state index in [0.29, 0.717) is 11.1 Å². The van der Waals surface area contributed by atoms with E-state index < -0.39 is 10.8 Å². The molecule has 0 heterocycles. The minimum absolute atomic E-state index is 0.0118. The number of carbonyl (C=O) groups is 1. The molecule has 4 heteroatoms. The molecule has 0 aliphatic carbocycles. The molecule has 1 aromatic carbocycles. The quantitative estimate of drug-likeness (QED) is 0.675. The molecular formula is C11H8BrNO2. The fraction of sp³-hybridized carbons (Fsp3) is 0.0909. The lowest BCUT2D eigenvalue weighted by Gasteiger charge is -2.11. The summed E-state index contributed by atoms with van der Waals surface area (Å²) in [4.78, 5) is 10.2. The highest BCUT2D eigenvalue weighted by molar-refractivity contribution is 9.09. The first-order valence-electron chi connectivity index (χ1n) is 4.13. The van der Waals surface area contributed by atoms with E-state index in [1.54, 1.807) is 24.3 Å². The van der Waals surface area contributed by atoms with Crippen LogP contribution in [-0.2, 0) is 4.79 Å². The van der Waals surface area contributed by atoms with Crippen molar-refractivity contribution in [1.82, 2.24) is 0 Å². The van der Waals surface area contributed by atoms with Gasteiger partial charge >= 0.3 is 5.97 Å². The van der Waals surface area contributed by atoms with Crippen LogP contribution in [0.2, 0.25) is 0 Å². The highest BCUT2D eigenvalue weighted by Gasteiger charge is 2.19. The molecule has 0 bridgehead atoms. The molecule has 0 saturated heterocycles. The van der Waals surface area contributed by atoms with Crippen molar-refractivity contribution >= 4 is 21.9 Å². The first-order valence-corrected chi connectivity index (χ1v) is 5.04. The number of benzene rings is 1. The van der Waals surface area contributed by atoms with Crippen LogP contribution in [-0.4, -0.2) is 11.1 Å². The Bertz CT molecular complexity index is 448. The number of nitrogens with zero attached hydrogens (tertiary/aromatic N) is 1. The minimum atomic E-state index is -1.08. The van der Waals surface area contributed by atoms with Gasteiger partial charge in [0.1, 0.15) is 0 Å². The standard InChI is InChI=1S/C11H8BrNO2/c1-7(11(14)15)10(12)9-5-3-2-4-8(9)6-13/h2-5,10H,1H2,(H,14,15). The van der Waals surface area contributed by atoms with E-state index in [1.165, 1.54) is 0 Å². The second-order valence-corrected chi connectivity index (χ2v) is 3.81. The van der Waals surface area contributed by atoms with E-state index in [0.717, 1.165) is 0 Å². The van der Waals surface area contributed by atoms with Gasteiger partial charge in [-0.3, -0.25) is 0 Å². The van der Waals surface area contributed by atoms with Crippen LogP contribution in [0.4, 0.5) is 0 Å². The molecule has 1 aromatic rings. The molecule has 0 fully saturated rings. The van der Waals surface area contributed by atoms with Crippen molar-refractivity contribution < 1.29 is 9.90 Å². The van der Waals surface area contributed by atoms with Crippen molar-refractivity contribution in [3.63, 3.8) is 0 Å². The number of halogens is 1. The lowest BCUT2D eigenvalue weighted by atomic mass is 10.0. The van der Waals surface area contributed by atoms with Crippen LogP contribution < -0.4 is 0 Å². The van der Waals surface area contributed by atoms with Crippen molar-refractivity contribution in [2.45, 2.75) is 4.83 Å². The molecule has 0 saturated carbocycles. The fourth-order valence-corrected chi connectivity index (χ4v) is 1.71. The van der Waals surface area contributed by atoms with Crippen LogP contribution in [0.5, 0.6) is 0 Å². The zero-order valence-electron chi connectivity index (χ0n) is 7.77. The zero-order chi connectivity index (χ0) is 11.4. The molecule has 1 rings (SSSR count). The van der Waals surface area contributed by atoms with Gasteiger partial charge in [-0.2, -0.15) is 5.26 Å². The van der Waals surface area contributed by atoms with Gasteiger partial charge in [-0.15, -0.1) is 0 Å². The molecule has 1 N–H and O–H groups in total. The first kappa shape index (κ1) is 11.5. The van der Waals surface area contributed by atoms with Gasteiger partial charge in [-0.25, -0.2) is 4.79 Å². The zero-order valence-corrected chi connectivity index (χ0v) is 9.36. The van der Waals surface area contributed by atoms with E-state index in [2.05, 4.69) is 22.5 Å². The highest BCUT2D eigenvalue weighted by atomic mass is 79.9. The molecule has 3 nitrogen and oxygen atoms in total. The van der Waals surface area contributed by atoms with Crippen molar-refractivity contribution in [1.29, 1.82) is 5.26 Å². The summed E-state index contributed by atoms with van der Waals surface area (Å²) in [6.45, 7) is 3.45. The third-order valence-electron chi connectivity index (χ3n) is 1.93. The molecule has 0 aliphatic rings. The number of hydrogen-bond acceptors (Lipinski definition) is 2. The first-order chi connectivity index (χ1) is 7.07. The number of carboxylic acids is 1. The third-order valence-corrected chi connectivity index (χ3v) is 2.98. The molecule has 76 valence electrons. The summed E-state index contributed by atoms with van der Waals surface area (Å²) < 4.78 is 0. The van der Waals surface area contributed by atoms with Gasteiger partial charge in [-0.1, -0.05) is 40.7 Å². The van der Waals surface area contributed by atoms with Crippen molar-refractivity contribution in [3.8, 4) is 6.07 Å². The maximum Gasteiger partial charge on any atom is 0.332 e. The van der Waals surface area contributed by atoms with Crippen LogP contribution in [0.1, 0.15) is 16.0 Å². The highest BCUT2D eigenvalue weighted by Crippen LogP contribution is 2.31. The van der Waals surface area contributed by atoms with Gasteiger partial charge < -0.3 is 5.11 Å². The average Bonchev–Trinajstić information content (AvgIpc) is 2.26. The molecule has 0 spiro atoms. The Morgan fingerprint density at radius 2 is 2.13 bits per heavy atom. The Labute approximate surface area is 95.8 Å². The van der Waals surface area contributed by atoms with E-state index in [9.17, 15) is 4.79 Å². The van der Waals surface area contributed by atoms with E-state index in [-0.39, 0.29) is 5.57 Å². The summed E-state index contributed by atoms with van der Waals surface area (Å²) in [5.41, 5.74) is 1.08. The Hall–Kier alpha value is -1.60. The number of nitriles is 1. The second kappa shape index (κ2) is 4.76. The van der Waals surface area contributed by atoms with Crippen molar-refractivity contribution in [3.05, 3.63) is 47.5 Å². The molecule has 0 amide bonds. The summed E-state index contributed by atoms with van der Waals surface area (Å²) >= 11 is 3.21. The number of rotatable bonds is 3. The molecule has 0 aromatic heterocycles. The summed E-state index contributed by atoms with van der Waals surface area (Å²) in [7, 11) is 0. The molecule has 0 aliphatic heterocycles. The topological polar surface area (TPSA) is 61.1 Å². The van der Waals surface area contributed by atoms with Gasteiger partial charge in [0, 0.05) is 5.57 Å². The van der Waals surface area contributed by atoms with Crippen LogP contribution >= 0.6 is 15.9 Å². The molecule has 1 unspecified atom stereocenters. The lowest BCUT2D eigenvalue weighted by Crippen LogP contribution is -2.06. The average molecular weight is 266 g/mol. The molecule has 1 atom stereocenters. The number of alkyl halides is 1. The van der Waals surface area contributed by atoms with Crippen LogP contribution in [0.15, 0.2) is 36.4 Å². The Morgan fingerprint density at radius 1 is 1.53 bits per heavy atom. The normalized spacial score (nSPS) is 11.5. The van der Waals surface area contributed by atoms with Crippen LogP contribution in [0, 0.1) is 11.3 Å². The molecular weight excluding hydrogens is 258 g/mol. The van der Waals surface area contributed by atoms with Gasteiger partial charge in [0.05, 0.1) is 16.5 Å². The van der Waals surface area contributed by atoms with E-state index in [1.807, 2.05) is 6.07 Å². The Balaban J connectivity index is 3.12. The predicted octanol–water partition coefficient (Wildman–Crippen LogP) is 2.64. The van der Waals surface area contributed by atoms with E-state index in [4.69, 9.17) is 10.4 Å². The summed E-state index contributed by atoms with van der Waals surface area (Å²) in [6, 6.07) is 8.82. The Kier molecular flexibility index (Phi) is 3.64. The maximum atomic E-state index is 10.7. The van der Waals surface area contributed by atoms with Crippen LogP contribution in [0.25, 0.3) is 0 Å². The number of hydrogen-bond donors (Lipinski definition) is 1. The number of carboxylic acid groups (broad SMARTS) is 1. The summed E-state index contributed by atoms with van der Waals surface area (Å²) in [6.07, 6.45) is 0. The largest absolute Gasteiger partial charge is 0.478 e. The number of aliphatic carboxylic acids is 1. The SMILES string of the molecule is C=C(C(=O)O)C(Br)c1ccccc1C#N. The maximum absolute atomic E-state index is 10.7. The summed E-state index contributed by atoms with van der Waals surface area (Å²) in [5.74, 6) is -1.08.